The fraction of sp³-hybridized carbons (Fsp3) is 0.800. The number of nitrogens with one attached hydrogen (secondary N) is 1. The third-order valence-corrected chi connectivity index (χ3v) is 3.88. The normalized spacial score (nSPS) is 17.4. The molecule has 1 fully saturated rings. The van der Waals surface area contributed by atoms with E-state index in [2.05, 4.69) is 28.9 Å². The number of halogens is 3. The van der Waals surface area contributed by atoms with Crippen LogP contribution in [0.15, 0.2) is 4.52 Å². The largest absolute Gasteiger partial charge is 0.405 e. The molecule has 1 amide bonds. The Morgan fingerprint density at radius 2 is 2.04 bits per heavy atom. The van der Waals surface area contributed by atoms with Crippen molar-refractivity contribution in [2.75, 3.05) is 19.6 Å². The first-order valence-corrected chi connectivity index (χ1v) is 8.11. The summed E-state index contributed by atoms with van der Waals surface area (Å²) in [6, 6.07) is 0. The maximum Gasteiger partial charge on any atom is 0.405 e. The lowest BCUT2D eigenvalue weighted by molar-refractivity contribution is -0.141. The van der Waals surface area contributed by atoms with Crippen LogP contribution >= 0.6 is 0 Å². The van der Waals surface area contributed by atoms with Gasteiger partial charge >= 0.3 is 6.18 Å². The molecule has 0 saturated carbocycles. The highest BCUT2D eigenvalue weighted by atomic mass is 19.4. The van der Waals surface area contributed by atoms with E-state index in [1.807, 2.05) is 5.32 Å². The molecule has 1 aliphatic heterocycles. The van der Waals surface area contributed by atoms with Crippen LogP contribution in [0.2, 0.25) is 0 Å². The Kier molecular flexibility index (Phi) is 6.20. The van der Waals surface area contributed by atoms with Gasteiger partial charge in [-0.2, -0.15) is 18.2 Å². The Hall–Kier alpha value is -1.64. The molecular weight excluding hydrogens is 325 g/mol. The van der Waals surface area contributed by atoms with Gasteiger partial charge in [-0.25, -0.2) is 0 Å². The first-order valence-electron chi connectivity index (χ1n) is 8.11. The van der Waals surface area contributed by atoms with Gasteiger partial charge in [0, 0.05) is 12.3 Å². The van der Waals surface area contributed by atoms with Crippen molar-refractivity contribution >= 4 is 5.91 Å². The second-order valence-corrected chi connectivity index (χ2v) is 6.59. The molecule has 9 heteroatoms. The van der Waals surface area contributed by atoms with Crippen LogP contribution in [0.1, 0.15) is 38.4 Å². The van der Waals surface area contributed by atoms with Gasteiger partial charge < -0.3 is 9.84 Å². The van der Waals surface area contributed by atoms with Crippen LogP contribution in [0, 0.1) is 11.8 Å². The van der Waals surface area contributed by atoms with E-state index < -0.39 is 18.6 Å². The first-order chi connectivity index (χ1) is 11.2. The van der Waals surface area contributed by atoms with Crippen LogP contribution in [0.5, 0.6) is 0 Å². The molecule has 0 bridgehead atoms. The summed E-state index contributed by atoms with van der Waals surface area (Å²) in [6.07, 6.45) is -2.57. The number of nitrogens with zero attached hydrogens (tertiary/aromatic N) is 3. The Bertz CT molecular complexity index is 537. The highest BCUT2D eigenvalue weighted by Gasteiger charge is 2.31. The van der Waals surface area contributed by atoms with Gasteiger partial charge in [-0.05, 0) is 31.8 Å². The zero-order chi connectivity index (χ0) is 17.7. The molecule has 1 saturated heterocycles. The molecule has 0 radical (unpaired) electrons. The van der Waals surface area contributed by atoms with E-state index in [4.69, 9.17) is 4.52 Å². The fourth-order valence-corrected chi connectivity index (χ4v) is 2.68. The number of carbonyl (C=O) groups excluding carboxylic acids is 1. The van der Waals surface area contributed by atoms with Gasteiger partial charge in [0.05, 0.1) is 6.54 Å². The highest BCUT2D eigenvalue weighted by Crippen LogP contribution is 2.20. The summed E-state index contributed by atoms with van der Waals surface area (Å²) in [5.41, 5.74) is 0. The zero-order valence-electron chi connectivity index (χ0n) is 13.9. The van der Waals surface area contributed by atoms with E-state index in [9.17, 15) is 18.0 Å². The molecule has 1 N–H and O–H groups in total. The summed E-state index contributed by atoms with van der Waals surface area (Å²) in [6.45, 7) is 4.61. The molecule has 1 aromatic heterocycles. The maximum atomic E-state index is 12.1. The number of piperidine rings is 1. The minimum absolute atomic E-state index is 0.372. The van der Waals surface area contributed by atoms with Crippen LogP contribution in [0.25, 0.3) is 0 Å². The number of alkyl halides is 3. The summed E-state index contributed by atoms with van der Waals surface area (Å²) in [4.78, 5) is 18.1. The minimum Gasteiger partial charge on any atom is -0.347 e. The summed E-state index contributed by atoms with van der Waals surface area (Å²) < 4.78 is 41.6. The first kappa shape index (κ1) is 18.7. The second kappa shape index (κ2) is 7.96. The van der Waals surface area contributed by atoms with Crippen LogP contribution < -0.4 is 5.32 Å². The number of hydrogen-bond acceptors (Lipinski definition) is 5. The Labute approximate surface area is 138 Å². The monoisotopic (exact) mass is 348 g/mol. The Morgan fingerprint density at radius 1 is 1.38 bits per heavy atom. The average Bonchev–Trinajstić information content (AvgIpc) is 2.91. The van der Waals surface area contributed by atoms with Crippen molar-refractivity contribution in [1.29, 1.82) is 0 Å². The van der Waals surface area contributed by atoms with E-state index >= 15 is 0 Å². The number of carbonyl (C=O) groups is 1. The molecule has 0 aromatic carbocycles. The summed E-state index contributed by atoms with van der Waals surface area (Å²) in [7, 11) is 0. The molecule has 0 atom stereocenters. The second-order valence-electron chi connectivity index (χ2n) is 6.59. The van der Waals surface area contributed by atoms with Crippen molar-refractivity contribution in [2.24, 2.45) is 11.8 Å². The van der Waals surface area contributed by atoms with Crippen molar-refractivity contribution in [1.82, 2.24) is 20.4 Å². The lowest BCUT2D eigenvalue weighted by atomic mass is 9.96. The van der Waals surface area contributed by atoms with Crippen molar-refractivity contribution < 1.29 is 22.5 Å². The molecule has 24 heavy (non-hydrogen) atoms. The van der Waals surface area contributed by atoms with Crippen LogP contribution in [0.3, 0.4) is 0 Å². The molecule has 2 rings (SSSR count). The molecule has 6 nitrogen and oxygen atoms in total. The number of likely N-dealkylation sites (tertiary alicyclic amines) is 1. The number of hydrogen-bond donors (Lipinski definition) is 1. The maximum absolute atomic E-state index is 12.1. The molecule has 0 spiro atoms. The van der Waals surface area contributed by atoms with Crippen LogP contribution in [0.4, 0.5) is 13.2 Å². The highest BCUT2D eigenvalue weighted by molar-refractivity contribution is 5.78. The summed E-state index contributed by atoms with van der Waals surface area (Å²) in [5, 5.41) is 5.88. The summed E-state index contributed by atoms with van der Waals surface area (Å²) >= 11 is 0. The smallest absolute Gasteiger partial charge is 0.347 e. The van der Waals surface area contributed by atoms with Gasteiger partial charge in [0.1, 0.15) is 6.54 Å². The molecule has 0 unspecified atom stereocenters. The molecule has 136 valence electrons. The predicted octanol–water partition coefficient (Wildman–Crippen LogP) is 2.16. The minimum atomic E-state index is -4.37. The van der Waals surface area contributed by atoms with Crippen molar-refractivity contribution in [3.63, 3.8) is 0 Å². The van der Waals surface area contributed by atoms with Crippen molar-refractivity contribution in [3.05, 3.63) is 11.7 Å². The van der Waals surface area contributed by atoms with E-state index in [0.29, 0.717) is 50.1 Å². The van der Waals surface area contributed by atoms with E-state index in [0.717, 1.165) is 6.42 Å². The number of rotatable bonds is 6. The van der Waals surface area contributed by atoms with Gasteiger partial charge in [-0.1, -0.05) is 19.0 Å². The van der Waals surface area contributed by atoms with E-state index in [-0.39, 0.29) is 5.92 Å². The van der Waals surface area contributed by atoms with Crippen molar-refractivity contribution in [2.45, 2.75) is 45.8 Å². The van der Waals surface area contributed by atoms with Gasteiger partial charge in [0.25, 0.3) is 0 Å². The van der Waals surface area contributed by atoms with Gasteiger partial charge in [-0.3, -0.25) is 9.69 Å². The molecule has 1 aliphatic rings. The quantitative estimate of drug-likeness (QED) is 0.853. The average molecular weight is 348 g/mol. The van der Waals surface area contributed by atoms with Crippen molar-refractivity contribution in [3.8, 4) is 0 Å². The zero-order valence-corrected chi connectivity index (χ0v) is 13.9. The standard InChI is InChI=1S/C15H23F3N4O2/c1-10(2)7-12-20-13(24-21-12)8-22-5-3-11(4-6-22)14(23)19-9-15(16,17)18/h10-11H,3-9H2,1-2H3,(H,19,23). The van der Waals surface area contributed by atoms with E-state index in [1.165, 1.54) is 0 Å². The third kappa shape index (κ3) is 6.10. The van der Waals surface area contributed by atoms with Gasteiger partial charge in [-0.15, -0.1) is 0 Å². The fourth-order valence-electron chi connectivity index (χ4n) is 2.68. The SMILES string of the molecule is CC(C)Cc1noc(CN2CCC(C(=O)NCC(F)(F)F)CC2)n1. The summed E-state index contributed by atoms with van der Waals surface area (Å²) in [5.74, 6) is 0.764. The Balaban J connectivity index is 1.74. The molecule has 1 aromatic rings. The van der Waals surface area contributed by atoms with Crippen LogP contribution in [-0.2, 0) is 17.8 Å². The van der Waals surface area contributed by atoms with Gasteiger partial charge in [0.15, 0.2) is 5.82 Å². The topological polar surface area (TPSA) is 71.3 Å². The lowest BCUT2D eigenvalue weighted by Gasteiger charge is -2.30. The molecule has 0 aliphatic carbocycles. The lowest BCUT2D eigenvalue weighted by Crippen LogP contribution is -2.42. The predicted molar refractivity (Wildman–Crippen MR) is 79.9 cm³/mol. The van der Waals surface area contributed by atoms with Gasteiger partial charge in [0.2, 0.25) is 11.8 Å². The molecular formula is C15H23F3N4O2. The number of aromatic nitrogens is 2. The van der Waals surface area contributed by atoms with Crippen LogP contribution in [-0.4, -0.2) is 46.8 Å². The molecule has 2 heterocycles. The third-order valence-electron chi connectivity index (χ3n) is 3.88. The van der Waals surface area contributed by atoms with E-state index in [1.54, 1.807) is 0 Å². The Morgan fingerprint density at radius 3 is 2.62 bits per heavy atom. The number of amides is 1.